The van der Waals surface area contributed by atoms with Gasteiger partial charge in [0.05, 0.1) is 5.92 Å². The molecule has 1 atom stereocenters. The van der Waals surface area contributed by atoms with Gasteiger partial charge < -0.3 is 10.6 Å². The lowest BCUT2D eigenvalue weighted by Crippen LogP contribution is -2.40. The van der Waals surface area contributed by atoms with Gasteiger partial charge in [-0.25, -0.2) is 9.97 Å². The number of carbonyl (C=O) groups excluding carboxylic acids is 2. The SMILES string of the molecule is Cc1cc(NC(=O)C2CNC(=O)c3ccccc32)nc(-c2ccccc2)n1. The van der Waals surface area contributed by atoms with E-state index in [4.69, 9.17) is 0 Å². The summed E-state index contributed by atoms with van der Waals surface area (Å²) in [7, 11) is 0. The zero-order valence-electron chi connectivity index (χ0n) is 14.8. The van der Waals surface area contributed by atoms with Gasteiger partial charge in [0.15, 0.2) is 5.82 Å². The molecular weight excluding hydrogens is 340 g/mol. The Labute approximate surface area is 156 Å². The molecule has 6 heteroatoms. The molecule has 4 rings (SSSR count). The summed E-state index contributed by atoms with van der Waals surface area (Å²) >= 11 is 0. The Morgan fingerprint density at radius 2 is 1.81 bits per heavy atom. The first-order chi connectivity index (χ1) is 13.1. The van der Waals surface area contributed by atoms with Crippen molar-refractivity contribution in [3.63, 3.8) is 0 Å². The lowest BCUT2D eigenvalue weighted by molar-refractivity contribution is -0.117. The Balaban J connectivity index is 1.62. The van der Waals surface area contributed by atoms with Crippen LogP contribution in [0.15, 0.2) is 60.7 Å². The molecule has 27 heavy (non-hydrogen) atoms. The maximum Gasteiger partial charge on any atom is 0.251 e. The molecule has 1 aromatic heterocycles. The smallest absolute Gasteiger partial charge is 0.251 e. The van der Waals surface area contributed by atoms with E-state index in [1.807, 2.05) is 49.4 Å². The molecule has 2 aromatic carbocycles. The molecule has 134 valence electrons. The zero-order valence-corrected chi connectivity index (χ0v) is 14.8. The van der Waals surface area contributed by atoms with Gasteiger partial charge in [0, 0.05) is 29.4 Å². The molecule has 6 nitrogen and oxygen atoms in total. The summed E-state index contributed by atoms with van der Waals surface area (Å²) in [6, 6.07) is 18.5. The van der Waals surface area contributed by atoms with Crippen LogP contribution in [0.3, 0.4) is 0 Å². The van der Waals surface area contributed by atoms with Crippen molar-refractivity contribution in [2.45, 2.75) is 12.8 Å². The third-order valence-corrected chi connectivity index (χ3v) is 4.50. The number of amides is 2. The number of nitrogens with zero attached hydrogens (tertiary/aromatic N) is 2. The molecule has 2 heterocycles. The first-order valence-corrected chi connectivity index (χ1v) is 8.71. The summed E-state index contributed by atoms with van der Waals surface area (Å²) in [4.78, 5) is 33.8. The monoisotopic (exact) mass is 358 g/mol. The van der Waals surface area contributed by atoms with E-state index in [0.29, 0.717) is 17.2 Å². The molecule has 0 radical (unpaired) electrons. The van der Waals surface area contributed by atoms with E-state index in [-0.39, 0.29) is 18.4 Å². The van der Waals surface area contributed by atoms with Crippen LogP contribution in [0, 0.1) is 6.92 Å². The van der Waals surface area contributed by atoms with Crippen molar-refractivity contribution < 1.29 is 9.59 Å². The van der Waals surface area contributed by atoms with Gasteiger partial charge in [-0.2, -0.15) is 0 Å². The van der Waals surface area contributed by atoms with E-state index in [9.17, 15) is 9.59 Å². The number of hydrogen-bond acceptors (Lipinski definition) is 4. The summed E-state index contributed by atoms with van der Waals surface area (Å²) in [5, 5.41) is 5.65. The molecule has 1 aliphatic rings. The molecule has 1 aliphatic heterocycles. The minimum atomic E-state index is -0.464. The van der Waals surface area contributed by atoms with E-state index < -0.39 is 5.92 Å². The van der Waals surface area contributed by atoms with Crippen LogP contribution in [-0.4, -0.2) is 28.3 Å². The Kier molecular flexibility index (Phi) is 4.38. The predicted molar refractivity (Wildman–Crippen MR) is 102 cm³/mol. The fraction of sp³-hybridized carbons (Fsp3) is 0.143. The summed E-state index contributed by atoms with van der Waals surface area (Å²) in [5.74, 6) is 0.178. The number of aromatic nitrogens is 2. The van der Waals surface area contributed by atoms with Gasteiger partial charge in [-0.15, -0.1) is 0 Å². The molecule has 0 saturated heterocycles. The quantitative estimate of drug-likeness (QED) is 0.754. The molecule has 0 spiro atoms. The van der Waals surface area contributed by atoms with Crippen molar-refractivity contribution in [2.75, 3.05) is 11.9 Å². The second-order valence-corrected chi connectivity index (χ2v) is 6.42. The largest absolute Gasteiger partial charge is 0.351 e. The lowest BCUT2D eigenvalue weighted by Gasteiger charge is -2.24. The molecule has 0 fully saturated rings. The van der Waals surface area contributed by atoms with Crippen LogP contribution < -0.4 is 10.6 Å². The molecule has 3 aromatic rings. The summed E-state index contributed by atoms with van der Waals surface area (Å²) < 4.78 is 0. The van der Waals surface area contributed by atoms with Crippen molar-refractivity contribution >= 4 is 17.6 Å². The number of aryl methyl sites for hydroxylation is 1. The fourth-order valence-corrected chi connectivity index (χ4v) is 3.20. The third kappa shape index (κ3) is 3.42. The van der Waals surface area contributed by atoms with Gasteiger partial charge in [-0.05, 0) is 18.6 Å². The van der Waals surface area contributed by atoms with Crippen LogP contribution in [-0.2, 0) is 4.79 Å². The number of benzene rings is 2. The number of anilines is 1. The lowest BCUT2D eigenvalue weighted by atomic mass is 9.90. The predicted octanol–water partition coefficient (Wildman–Crippen LogP) is 2.92. The highest BCUT2D eigenvalue weighted by molar-refractivity contribution is 6.03. The standard InChI is InChI=1S/C21H18N4O2/c1-13-11-18(24-19(23-13)14-7-3-2-4-8-14)25-21(27)17-12-22-20(26)16-10-6-5-9-15(16)17/h2-11,17H,12H2,1H3,(H,22,26)(H,23,24,25,27). The second kappa shape index (κ2) is 6.99. The van der Waals surface area contributed by atoms with Gasteiger partial charge in [-0.3, -0.25) is 9.59 Å². The maximum atomic E-state index is 12.9. The third-order valence-electron chi connectivity index (χ3n) is 4.50. The first kappa shape index (κ1) is 16.9. The van der Waals surface area contributed by atoms with Crippen molar-refractivity contribution in [2.24, 2.45) is 0 Å². The van der Waals surface area contributed by atoms with Crippen molar-refractivity contribution in [3.05, 3.63) is 77.5 Å². The highest BCUT2D eigenvalue weighted by Gasteiger charge is 2.30. The minimum Gasteiger partial charge on any atom is -0.351 e. The van der Waals surface area contributed by atoms with E-state index in [0.717, 1.165) is 16.8 Å². The van der Waals surface area contributed by atoms with Crippen molar-refractivity contribution in [3.8, 4) is 11.4 Å². The first-order valence-electron chi connectivity index (χ1n) is 8.71. The number of rotatable bonds is 3. The van der Waals surface area contributed by atoms with Gasteiger partial charge in [0.25, 0.3) is 5.91 Å². The van der Waals surface area contributed by atoms with Gasteiger partial charge >= 0.3 is 0 Å². The van der Waals surface area contributed by atoms with Crippen LogP contribution >= 0.6 is 0 Å². The summed E-state index contributed by atoms with van der Waals surface area (Å²) in [5.41, 5.74) is 2.91. The van der Waals surface area contributed by atoms with Crippen LogP contribution in [0.2, 0.25) is 0 Å². The molecule has 0 aliphatic carbocycles. The summed E-state index contributed by atoms with van der Waals surface area (Å²) in [6.07, 6.45) is 0. The number of hydrogen-bond donors (Lipinski definition) is 2. The van der Waals surface area contributed by atoms with Crippen LogP contribution in [0.1, 0.15) is 27.5 Å². The normalized spacial score (nSPS) is 15.6. The average Bonchev–Trinajstić information content (AvgIpc) is 2.68. The Morgan fingerprint density at radius 3 is 2.63 bits per heavy atom. The fourth-order valence-electron chi connectivity index (χ4n) is 3.20. The van der Waals surface area contributed by atoms with Crippen LogP contribution in [0.5, 0.6) is 0 Å². The molecule has 0 saturated carbocycles. The maximum absolute atomic E-state index is 12.9. The minimum absolute atomic E-state index is 0.154. The number of nitrogens with one attached hydrogen (secondary N) is 2. The van der Waals surface area contributed by atoms with E-state index >= 15 is 0 Å². The van der Waals surface area contributed by atoms with Gasteiger partial charge in [-0.1, -0.05) is 48.5 Å². The topological polar surface area (TPSA) is 84.0 Å². The second-order valence-electron chi connectivity index (χ2n) is 6.42. The van der Waals surface area contributed by atoms with Gasteiger partial charge in [0.2, 0.25) is 5.91 Å². The van der Waals surface area contributed by atoms with E-state index in [1.54, 1.807) is 18.2 Å². The molecular formula is C21H18N4O2. The molecule has 1 unspecified atom stereocenters. The number of carbonyl (C=O) groups is 2. The van der Waals surface area contributed by atoms with Crippen LogP contribution in [0.25, 0.3) is 11.4 Å². The highest BCUT2D eigenvalue weighted by Crippen LogP contribution is 2.25. The Morgan fingerprint density at radius 1 is 1.07 bits per heavy atom. The van der Waals surface area contributed by atoms with Crippen molar-refractivity contribution in [1.29, 1.82) is 0 Å². The highest BCUT2D eigenvalue weighted by atomic mass is 16.2. The molecule has 0 bridgehead atoms. The van der Waals surface area contributed by atoms with E-state index in [2.05, 4.69) is 20.6 Å². The molecule has 2 N–H and O–H groups in total. The molecule has 2 amide bonds. The average molecular weight is 358 g/mol. The van der Waals surface area contributed by atoms with Crippen LogP contribution in [0.4, 0.5) is 5.82 Å². The Bertz CT molecular complexity index is 1020. The summed E-state index contributed by atoms with van der Waals surface area (Å²) in [6.45, 7) is 2.12. The van der Waals surface area contributed by atoms with Crippen molar-refractivity contribution in [1.82, 2.24) is 15.3 Å². The van der Waals surface area contributed by atoms with Gasteiger partial charge in [0.1, 0.15) is 5.82 Å². The zero-order chi connectivity index (χ0) is 18.8. The number of fused-ring (bicyclic) bond motifs is 1. The van der Waals surface area contributed by atoms with E-state index in [1.165, 1.54) is 0 Å². The Hall–Kier alpha value is -3.54.